The smallest absolute Gasteiger partial charge is 0.274 e. The predicted molar refractivity (Wildman–Crippen MR) is 65.9 cm³/mol. The van der Waals surface area contributed by atoms with Gasteiger partial charge in [0.2, 0.25) is 0 Å². The van der Waals surface area contributed by atoms with Gasteiger partial charge in [0, 0.05) is 12.3 Å². The number of rotatable bonds is 3. The fourth-order valence-corrected chi connectivity index (χ4v) is 1.51. The van der Waals surface area contributed by atoms with E-state index < -0.39 is 4.92 Å². The summed E-state index contributed by atoms with van der Waals surface area (Å²) in [6, 6.07) is 8.59. The standard InChI is InChI=1S/C12H11N3O2/c1-9-11(5-2-6-12(9)15(16)17)14-8-10-4-3-7-13-10/h2-8,13H,1H3. The molecule has 2 rings (SSSR count). The third-order valence-corrected chi connectivity index (χ3v) is 2.44. The molecule has 1 N–H and O–H groups in total. The van der Waals surface area contributed by atoms with Gasteiger partial charge in [0.25, 0.3) is 5.69 Å². The molecule has 0 unspecified atom stereocenters. The molecule has 5 nitrogen and oxygen atoms in total. The minimum atomic E-state index is -0.400. The van der Waals surface area contributed by atoms with Gasteiger partial charge in [0.15, 0.2) is 0 Å². The molecule has 0 radical (unpaired) electrons. The second-order valence-corrected chi connectivity index (χ2v) is 3.56. The van der Waals surface area contributed by atoms with Crippen molar-refractivity contribution in [3.8, 4) is 0 Å². The van der Waals surface area contributed by atoms with Gasteiger partial charge in [-0.3, -0.25) is 15.1 Å². The third-order valence-electron chi connectivity index (χ3n) is 2.44. The number of nitrogens with zero attached hydrogens (tertiary/aromatic N) is 2. The van der Waals surface area contributed by atoms with Gasteiger partial charge in [0.1, 0.15) is 0 Å². The Bertz CT molecular complexity index is 559. The molecular weight excluding hydrogens is 218 g/mol. The summed E-state index contributed by atoms with van der Waals surface area (Å²) in [7, 11) is 0. The number of nitro benzene ring substituents is 1. The normalized spacial score (nSPS) is 10.9. The van der Waals surface area contributed by atoms with E-state index in [0.717, 1.165) is 5.69 Å². The van der Waals surface area contributed by atoms with Gasteiger partial charge in [-0.25, -0.2) is 0 Å². The van der Waals surface area contributed by atoms with Crippen LogP contribution < -0.4 is 0 Å². The Hall–Kier alpha value is -2.43. The zero-order valence-electron chi connectivity index (χ0n) is 9.25. The van der Waals surface area contributed by atoms with Crippen LogP contribution in [0.4, 0.5) is 11.4 Å². The van der Waals surface area contributed by atoms with Crippen molar-refractivity contribution in [1.82, 2.24) is 4.98 Å². The number of hydrogen-bond donors (Lipinski definition) is 1. The highest BCUT2D eigenvalue weighted by Crippen LogP contribution is 2.27. The number of hydrogen-bond acceptors (Lipinski definition) is 3. The minimum absolute atomic E-state index is 0.0890. The van der Waals surface area contributed by atoms with Crippen molar-refractivity contribution in [3.63, 3.8) is 0 Å². The van der Waals surface area contributed by atoms with Crippen molar-refractivity contribution in [2.45, 2.75) is 6.92 Å². The van der Waals surface area contributed by atoms with Crippen LogP contribution in [-0.2, 0) is 0 Å². The summed E-state index contributed by atoms with van der Waals surface area (Å²) in [6.07, 6.45) is 3.44. The fraction of sp³-hybridized carbons (Fsp3) is 0.0833. The lowest BCUT2D eigenvalue weighted by molar-refractivity contribution is -0.385. The molecule has 17 heavy (non-hydrogen) atoms. The van der Waals surface area contributed by atoms with Gasteiger partial charge in [0.05, 0.1) is 28.1 Å². The van der Waals surface area contributed by atoms with Crippen molar-refractivity contribution < 1.29 is 4.92 Å². The highest BCUT2D eigenvalue weighted by molar-refractivity contribution is 5.80. The maximum atomic E-state index is 10.8. The molecule has 1 aromatic heterocycles. The van der Waals surface area contributed by atoms with E-state index in [9.17, 15) is 10.1 Å². The first-order valence-electron chi connectivity index (χ1n) is 5.10. The second kappa shape index (κ2) is 4.61. The van der Waals surface area contributed by atoms with Crippen LogP contribution in [0, 0.1) is 17.0 Å². The average molecular weight is 229 g/mol. The number of nitro groups is 1. The van der Waals surface area contributed by atoms with Crippen molar-refractivity contribution in [2.24, 2.45) is 4.99 Å². The molecule has 0 bridgehead atoms. The van der Waals surface area contributed by atoms with Crippen LogP contribution in [-0.4, -0.2) is 16.1 Å². The summed E-state index contributed by atoms with van der Waals surface area (Å²) < 4.78 is 0. The van der Waals surface area contributed by atoms with Gasteiger partial charge in [-0.15, -0.1) is 0 Å². The zero-order chi connectivity index (χ0) is 12.3. The highest BCUT2D eigenvalue weighted by Gasteiger charge is 2.12. The summed E-state index contributed by atoms with van der Waals surface area (Å²) in [6.45, 7) is 1.69. The number of aliphatic imine (C=N–C) groups is 1. The van der Waals surface area contributed by atoms with Gasteiger partial charge < -0.3 is 4.98 Å². The molecule has 1 heterocycles. The molecule has 0 amide bonds. The molecule has 0 aliphatic carbocycles. The molecule has 0 fully saturated rings. The monoisotopic (exact) mass is 229 g/mol. The second-order valence-electron chi connectivity index (χ2n) is 3.56. The fourth-order valence-electron chi connectivity index (χ4n) is 1.51. The van der Waals surface area contributed by atoms with E-state index in [2.05, 4.69) is 9.98 Å². The van der Waals surface area contributed by atoms with Crippen LogP contribution in [0.5, 0.6) is 0 Å². The quantitative estimate of drug-likeness (QED) is 0.499. The molecule has 0 spiro atoms. The Morgan fingerprint density at radius 2 is 2.18 bits per heavy atom. The van der Waals surface area contributed by atoms with Crippen LogP contribution in [0.3, 0.4) is 0 Å². The number of nitrogens with one attached hydrogen (secondary N) is 1. The first-order chi connectivity index (χ1) is 8.18. The molecule has 1 aromatic carbocycles. The van der Waals surface area contributed by atoms with Crippen LogP contribution >= 0.6 is 0 Å². The Morgan fingerprint density at radius 3 is 2.82 bits per heavy atom. The van der Waals surface area contributed by atoms with Gasteiger partial charge in [-0.05, 0) is 25.1 Å². The van der Waals surface area contributed by atoms with Crippen LogP contribution in [0.1, 0.15) is 11.3 Å². The maximum absolute atomic E-state index is 10.8. The summed E-state index contributed by atoms with van der Waals surface area (Å²) in [5.41, 5.74) is 2.12. The molecule has 0 aliphatic rings. The molecular formula is C12H11N3O2. The lowest BCUT2D eigenvalue weighted by Gasteiger charge is -2.00. The number of aromatic amines is 1. The number of aromatic nitrogens is 1. The van der Waals surface area contributed by atoms with Crippen molar-refractivity contribution in [2.75, 3.05) is 0 Å². The van der Waals surface area contributed by atoms with Gasteiger partial charge in [-0.2, -0.15) is 0 Å². The Labute approximate surface area is 98.0 Å². The molecule has 0 atom stereocenters. The largest absolute Gasteiger partial charge is 0.360 e. The van der Waals surface area contributed by atoms with E-state index in [-0.39, 0.29) is 5.69 Å². The van der Waals surface area contributed by atoms with E-state index in [0.29, 0.717) is 11.3 Å². The topological polar surface area (TPSA) is 71.3 Å². The summed E-state index contributed by atoms with van der Waals surface area (Å²) in [4.78, 5) is 17.6. The van der Waals surface area contributed by atoms with Crippen molar-refractivity contribution >= 4 is 17.6 Å². The molecule has 86 valence electrons. The predicted octanol–water partition coefficient (Wildman–Crippen LogP) is 2.98. The van der Waals surface area contributed by atoms with Crippen molar-refractivity contribution in [1.29, 1.82) is 0 Å². The Morgan fingerprint density at radius 1 is 1.35 bits per heavy atom. The van der Waals surface area contributed by atoms with E-state index in [1.807, 2.05) is 12.1 Å². The molecule has 0 saturated carbocycles. The first kappa shape index (κ1) is 11.1. The minimum Gasteiger partial charge on any atom is -0.360 e. The SMILES string of the molecule is Cc1c(N=Cc2ccc[nH]2)cccc1[N+](=O)[O-]. The van der Waals surface area contributed by atoms with Crippen LogP contribution in [0.2, 0.25) is 0 Å². The molecule has 5 heteroatoms. The molecule has 0 aliphatic heterocycles. The Balaban J connectivity index is 2.34. The first-order valence-corrected chi connectivity index (χ1v) is 5.10. The third kappa shape index (κ3) is 2.39. The maximum Gasteiger partial charge on any atom is 0.274 e. The summed E-state index contributed by atoms with van der Waals surface area (Å²) in [5.74, 6) is 0. The van der Waals surface area contributed by atoms with E-state index in [1.54, 1.807) is 31.5 Å². The van der Waals surface area contributed by atoms with Crippen molar-refractivity contribution in [3.05, 3.63) is 57.9 Å². The number of benzene rings is 1. The zero-order valence-corrected chi connectivity index (χ0v) is 9.25. The van der Waals surface area contributed by atoms with Gasteiger partial charge in [-0.1, -0.05) is 6.07 Å². The Kier molecular flexibility index (Phi) is 3.00. The van der Waals surface area contributed by atoms with Crippen LogP contribution in [0.25, 0.3) is 0 Å². The molecule has 0 saturated heterocycles. The van der Waals surface area contributed by atoms with E-state index in [4.69, 9.17) is 0 Å². The summed E-state index contributed by atoms with van der Waals surface area (Å²) >= 11 is 0. The lowest BCUT2D eigenvalue weighted by Crippen LogP contribution is -1.91. The number of H-pyrrole nitrogens is 1. The van der Waals surface area contributed by atoms with Gasteiger partial charge >= 0.3 is 0 Å². The van der Waals surface area contributed by atoms with E-state index in [1.165, 1.54) is 6.07 Å². The highest BCUT2D eigenvalue weighted by atomic mass is 16.6. The van der Waals surface area contributed by atoms with Crippen LogP contribution in [0.15, 0.2) is 41.5 Å². The summed E-state index contributed by atoms with van der Waals surface area (Å²) in [5, 5.41) is 10.8. The van der Waals surface area contributed by atoms with E-state index >= 15 is 0 Å². The molecule has 2 aromatic rings. The lowest BCUT2D eigenvalue weighted by atomic mass is 10.1. The average Bonchev–Trinajstić information content (AvgIpc) is 2.80.